The Morgan fingerprint density at radius 3 is 1.10 bits per heavy atom. The van der Waals surface area contributed by atoms with Gasteiger partial charge in [0.1, 0.15) is 12.0 Å². The molecule has 0 radical (unpaired) electrons. The Hall–Kier alpha value is -15.5. The summed E-state index contributed by atoms with van der Waals surface area (Å²) in [6.07, 6.45) is 25.5. The fraction of sp³-hybridized carbons (Fsp3) is 0.374. The zero-order valence-corrected chi connectivity index (χ0v) is 85.0. The van der Waals surface area contributed by atoms with E-state index in [1.54, 1.807) is 32.8 Å². The molecule has 33 heteroatoms. The van der Waals surface area contributed by atoms with Gasteiger partial charge in [-0.2, -0.15) is 5.10 Å². The SMILES string of the molecule is CC(C)Oc1ccc(C2=NCc3ccc(N4CCC5(CN(CC(=O)N6CC=C(c7ccc(-c8ncn(C)n8)cc7)CC6)C5)C4=O)cc32)cn1.CC(C)Oc1ccc(C2=NCc3ccc(N4CC[C@]5(CCN(CC(=O)N6CC=C(c7ccc(-c8cn(C)nn8)cc7)CC6)C5)C4=O)cc32)cn1.CC(C)Oc1ccc(C2=NCc3ccc(N4CC[C@]5(CCN(CC(=O)N6CC=C(c7ccc(-n8ccnn8)cc7)CC6)C5)C4=O)cc32)cn1. The summed E-state index contributed by atoms with van der Waals surface area (Å²) in [7, 11) is 3.72. The molecule has 6 aromatic carbocycles. The lowest BCUT2D eigenvalue weighted by Crippen LogP contribution is -2.61. The van der Waals surface area contributed by atoms with E-state index in [1.165, 1.54) is 22.3 Å². The number of carbonyl (C=O) groups is 6. The summed E-state index contributed by atoms with van der Waals surface area (Å²) in [4.78, 5) is 132. The van der Waals surface area contributed by atoms with Crippen LogP contribution in [0.4, 0.5) is 17.1 Å². The van der Waals surface area contributed by atoms with Gasteiger partial charge in [-0.15, -0.1) is 10.2 Å². The van der Waals surface area contributed by atoms with E-state index < -0.39 is 16.2 Å². The predicted molar refractivity (Wildman–Crippen MR) is 566 cm³/mol. The van der Waals surface area contributed by atoms with Crippen LogP contribution in [0.25, 0.3) is 45.1 Å². The van der Waals surface area contributed by atoms with Crippen LogP contribution < -0.4 is 28.9 Å². The van der Waals surface area contributed by atoms with Crippen LogP contribution in [0, 0.1) is 16.2 Å². The number of aliphatic imine (C=N–C) groups is 3. The molecule has 0 bridgehead atoms. The highest BCUT2D eigenvalue weighted by Crippen LogP contribution is 2.48. The number of fused-ring (bicyclic) bond motifs is 3. The van der Waals surface area contributed by atoms with Gasteiger partial charge in [0, 0.05) is 198 Å². The molecular formula is C115H122N24O9. The first-order valence-corrected chi connectivity index (χ1v) is 51.7. The topological polar surface area (TPSA) is 327 Å². The van der Waals surface area contributed by atoms with Crippen LogP contribution >= 0.6 is 0 Å². The van der Waals surface area contributed by atoms with Crippen molar-refractivity contribution >= 4 is 86.4 Å². The van der Waals surface area contributed by atoms with Gasteiger partial charge in [0.15, 0.2) is 5.82 Å². The second kappa shape index (κ2) is 41.1. The zero-order chi connectivity index (χ0) is 102. The largest absolute Gasteiger partial charge is 0.475 e. The molecule has 0 saturated carbocycles. The number of anilines is 3. The molecule has 6 amide bonds. The quantitative estimate of drug-likeness (QED) is 0.0542. The van der Waals surface area contributed by atoms with Crippen molar-refractivity contribution in [1.29, 1.82) is 0 Å². The van der Waals surface area contributed by atoms with Crippen LogP contribution in [0.2, 0.25) is 0 Å². The molecule has 18 heterocycles. The highest BCUT2D eigenvalue weighted by atomic mass is 16.5. The predicted octanol–water partition coefficient (Wildman–Crippen LogP) is 13.7. The molecular weight excluding hydrogens is 1860 g/mol. The average molecular weight is 1980 g/mol. The van der Waals surface area contributed by atoms with Crippen LogP contribution in [0.5, 0.6) is 17.6 Å². The normalized spacial score (nSPS) is 19.9. The second-order valence-electron chi connectivity index (χ2n) is 41.7. The number of likely N-dealkylation sites (tertiary alicyclic amines) is 3. The molecule has 0 aliphatic carbocycles. The summed E-state index contributed by atoms with van der Waals surface area (Å²) in [5.41, 5.74) is 24.6. The summed E-state index contributed by atoms with van der Waals surface area (Å²) in [6, 6.07) is 55.3. The molecule has 6 fully saturated rings. The lowest BCUT2D eigenvalue weighted by Gasteiger charge is -2.46. The number of nitrogens with zero attached hydrogens (tertiary/aromatic N) is 24. The minimum Gasteiger partial charge on any atom is -0.475 e. The molecule has 33 nitrogen and oxygen atoms in total. The maximum atomic E-state index is 14.0. The van der Waals surface area contributed by atoms with Crippen molar-refractivity contribution in [2.45, 2.75) is 131 Å². The van der Waals surface area contributed by atoms with E-state index in [0.29, 0.717) is 148 Å². The molecule has 12 aliphatic rings. The molecule has 3 spiro atoms. The minimum absolute atomic E-state index is 0.0579. The number of amides is 6. The zero-order valence-electron chi connectivity index (χ0n) is 85.0. The Bertz CT molecular complexity index is 7270. The fourth-order valence-corrected chi connectivity index (χ4v) is 22.8. The maximum Gasteiger partial charge on any atom is 0.237 e. The summed E-state index contributed by atoms with van der Waals surface area (Å²) in [6.45, 7) is 24.6. The van der Waals surface area contributed by atoms with E-state index in [9.17, 15) is 28.8 Å². The van der Waals surface area contributed by atoms with E-state index >= 15 is 0 Å². The Morgan fingerprint density at radius 1 is 0.378 bits per heavy atom. The summed E-state index contributed by atoms with van der Waals surface area (Å²) < 4.78 is 22.3. The number of aryl methyl sites for hydroxylation is 2. The molecule has 2 atom stereocenters. The number of benzene rings is 6. The van der Waals surface area contributed by atoms with E-state index in [-0.39, 0.29) is 53.8 Å². The number of aromatic nitrogens is 12. The number of rotatable bonds is 24. The van der Waals surface area contributed by atoms with E-state index in [4.69, 9.17) is 29.2 Å². The summed E-state index contributed by atoms with van der Waals surface area (Å²) in [5, 5.41) is 20.5. The van der Waals surface area contributed by atoms with Gasteiger partial charge in [0.25, 0.3) is 0 Å². The van der Waals surface area contributed by atoms with Crippen molar-refractivity contribution < 1.29 is 43.0 Å². The smallest absolute Gasteiger partial charge is 0.237 e. The number of carbonyl (C=O) groups excluding carboxylic acids is 6. The molecule has 6 aromatic heterocycles. The molecule has 12 aliphatic heterocycles. The Morgan fingerprint density at radius 2 is 0.743 bits per heavy atom. The lowest BCUT2D eigenvalue weighted by molar-refractivity contribution is -0.142. The third kappa shape index (κ3) is 20.2. The Labute approximate surface area is 860 Å². The van der Waals surface area contributed by atoms with E-state index in [2.05, 4.69) is 164 Å². The van der Waals surface area contributed by atoms with Crippen molar-refractivity contribution in [3.8, 4) is 46.0 Å². The van der Waals surface area contributed by atoms with Crippen molar-refractivity contribution in [2.24, 2.45) is 45.3 Å². The number of pyridine rings is 3. The molecule has 6 saturated heterocycles. The van der Waals surface area contributed by atoms with Crippen LogP contribution in [0.15, 0.2) is 241 Å². The van der Waals surface area contributed by atoms with E-state index in [1.807, 2.05) is 189 Å². The first-order chi connectivity index (χ1) is 71.8. The Balaban J connectivity index is 0.000000126. The van der Waals surface area contributed by atoms with Crippen LogP contribution in [0.3, 0.4) is 0 Å². The van der Waals surface area contributed by atoms with Crippen LogP contribution in [0.1, 0.15) is 160 Å². The van der Waals surface area contributed by atoms with Crippen LogP contribution in [-0.4, -0.2) is 278 Å². The average Bonchev–Trinajstić information content (AvgIpc) is 1.58. The van der Waals surface area contributed by atoms with Gasteiger partial charge in [0.05, 0.1) is 115 Å². The number of hydrogen-bond acceptors (Lipinski definition) is 24. The van der Waals surface area contributed by atoms with E-state index in [0.717, 1.165) is 182 Å². The highest BCUT2D eigenvalue weighted by molar-refractivity contribution is 6.18. The summed E-state index contributed by atoms with van der Waals surface area (Å²) in [5.74, 6) is 3.34. The second-order valence-corrected chi connectivity index (χ2v) is 41.7. The van der Waals surface area contributed by atoms with Crippen molar-refractivity contribution in [3.05, 3.63) is 292 Å². The lowest BCUT2D eigenvalue weighted by atomic mass is 9.78. The van der Waals surface area contributed by atoms with Crippen molar-refractivity contribution in [1.82, 2.24) is 89.1 Å². The van der Waals surface area contributed by atoms with Gasteiger partial charge in [-0.05, 0) is 223 Å². The monoisotopic (exact) mass is 1980 g/mol. The van der Waals surface area contributed by atoms with Crippen molar-refractivity contribution in [2.75, 3.05) is 133 Å². The van der Waals surface area contributed by atoms with Crippen molar-refractivity contribution in [3.63, 3.8) is 0 Å². The fourth-order valence-electron chi connectivity index (χ4n) is 22.8. The highest BCUT2D eigenvalue weighted by Gasteiger charge is 2.57. The number of hydrogen-bond donors (Lipinski definition) is 0. The molecule has 756 valence electrons. The number of ether oxygens (including phenoxy) is 3. The first-order valence-electron chi connectivity index (χ1n) is 51.7. The maximum absolute atomic E-state index is 14.0. The van der Waals surface area contributed by atoms with Crippen LogP contribution in [-0.2, 0) is 62.5 Å². The molecule has 0 N–H and O–H groups in total. The third-order valence-corrected chi connectivity index (χ3v) is 30.7. The van der Waals surface area contributed by atoms with Gasteiger partial charge < -0.3 is 43.6 Å². The summed E-state index contributed by atoms with van der Waals surface area (Å²) >= 11 is 0. The minimum atomic E-state index is -0.446. The third-order valence-electron chi connectivity index (χ3n) is 30.7. The molecule has 24 rings (SSSR count). The standard InChI is InChI=1S/C39H42N8O3.2C38H40N8O3/c1-26(2)50-35-11-9-31(22-40-35)37-33-20-32(10-8-30(33)21-41-37)47-19-15-39(38(47)49)14-18-45(25-39)24-36(48)46-16-12-28(13-17-46)27-4-6-29(7-5-27)34-23-44(3)43-42-34;1-26(2)49-34-10-6-30(23-39-34)36-33-21-32(9-5-29(33)22-40-36)45-19-14-38(37(45)48)13-18-43(25-38)24-35(47)44-16-11-28(12-17-44)27-3-7-31(8-4-27)46-20-15-41-42-46;1-25(2)49-33-11-9-30(20-39-33)35-32-18-31(10-8-29(32)19-40-35)46-17-14-38(37(46)48)22-44(23-38)21-34(47)45-15-12-27(13-16-45)26-4-6-28(7-5-26)36-41-24-43(3)42-36/h4-12,20,22-23,26H,13-19,21,24-25H2,1-3H3;3-11,15,20-21,23,26H,12-14,16-19,22,24-25H2,1-2H3;4-12,18,20,24-25H,13-17,19,21-23H2,1-3H3/t39-;38-;/m00./s1. The Kier molecular flexibility index (Phi) is 27.0. The molecule has 148 heavy (non-hydrogen) atoms. The van der Waals surface area contributed by atoms with Gasteiger partial charge in [-0.1, -0.05) is 108 Å². The van der Waals surface area contributed by atoms with Gasteiger partial charge in [0.2, 0.25) is 53.1 Å². The molecule has 12 aromatic rings. The van der Waals surface area contributed by atoms with Gasteiger partial charge >= 0.3 is 0 Å². The van der Waals surface area contributed by atoms with Gasteiger partial charge in [-0.3, -0.25) is 67.8 Å². The molecule has 0 unspecified atom stereocenters. The van der Waals surface area contributed by atoms with Gasteiger partial charge in [-0.25, -0.2) is 24.6 Å². The first kappa shape index (κ1) is 97.3.